The van der Waals surface area contributed by atoms with Gasteiger partial charge < -0.3 is 0 Å². The van der Waals surface area contributed by atoms with Crippen LogP contribution in [0.5, 0.6) is 0 Å². The number of carbonyl (C=O) groups is 2. The molecular weight excluding hydrogens is 200 g/mol. The second kappa shape index (κ2) is 3.71. The molecule has 0 aliphatic heterocycles. The molecule has 0 fully saturated rings. The van der Waals surface area contributed by atoms with Crippen LogP contribution in [0.15, 0.2) is 42.5 Å². The van der Waals surface area contributed by atoms with E-state index in [0.29, 0.717) is 0 Å². The van der Waals surface area contributed by atoms with Crippen LogP contribution in [-0.2, 0) is 15.0 Å². The van der Waals surface area contributed by atoms with E-state index in [1.807, 2.05) is 44.2 Å². The number of hydrogen-bond acceptors (Lipinski definition) is 2. The molecule has 0 saturated heterocycles. The zero-order valence-electron chi connectivity index (χ0n) is 9.44. The summed E-state index contributed by atoms with van der Waals surface area (Å²) in [6, 6.07) is 9.50. The van der Waals surface area contributed by atoms with Crippen LogP contribution in [0.3, 0.4) is 0 Å². The van der Waals surface area contributed by atoms with Crippen molar-refractivity contribution in [3.63, 3.8) is 0 Å². The quantitative estimate of drug-likeness (QED) is 0.718. The number of benzene rings is 1. The fraction of sp³-hybridized carbons (Fsp3) is 0.286. The molecule has 0 bridgehead atoms. The van der Waals surface area contributed by atoms with Gasteiger partial charge in [-0.05, 0) is 24.6 Å². The van der Waals surface area contributed by atoms with E-state index in [9.17, 15) is 9.59 Å². The van der Waals surface area contributed by atoms with Crippen molar-refractivity contribution in [1.29, 1.82) is 0 Å². The normalized spacial score (nSPS) is 29.5. The van der Waals surface area contributed by atoms with Crippen molar-refractivity contribution in [3.8, 4) is 0 Å². The second-order valence-corrected chi connectivity index (χ2v) is 4.39. The molecule has 1 aromatic carbocycles. The van der Waals surface area contributed by atoms with Crippen LogP contribution in [0.4, 0.5) is 0 Å². The zero-order chi connectivity index (χ0) is 11.8. The van der Waals surface area contributed by atoms with Crippen LogP contribution in [-0.4, -0.2) is 11.6 Å². The maximum absolute atomic E-state index is 12.0. The monoisotopic (exact) mass is 214 g/mol. The van der Waals surface area contributed by atoms with Crippen molar-refractivity contribution >= 4 is 11.6 Å². The molecule has 82 valence electrons. The maximum atomic E-state index is 12.0. The third kappa shape index (κ3) is 1.42. The van der Waals surface area contributed by atoms with Gasteiger partial charge in [0.1, 0.15) is 0 Å². The molecule has 1 aliphatic rings. The van der Waals surface area contributed by atoms with E-state index in [0.717, 1.165) is 5.56 Å². The van der Waals surface area contributed by atoms with Crippen LogP contribution in [0, 0.1) is 5.92 Å². The summed E-state index contributed by atoms with van der Waals surface area (Å²) in [5, 5.41) is 0. The van der Waals surface area contributed by atoms with E-state index in [1.54, 1.807) is 0 Å². The van der Waals surface area contributed by atoms with Gasteiger partial charge in [-0.15, -0.1) is 0 Å². The van der Waals surface area contributed by atoms with Gasteiger partial charge in [-0.25, -0.2) is 0 Å². The van der Waals surface area contributed by atoms with Crippen molar-refractivity contribution in [2.24, 2.45) is 5.92 Å². The minimum Gasteiger partial charge on any atom is -0.295 e. The molecule has 2 rings (SSSR count). The van der Waals surface area contributed by atoms with Gasteiger partial charge in [0.15, 0.2) is 11.6 Å². The lowest BCUT2D eigenvalue weighted by Gasteiger charge is -2.34. The van der Waals surface area contributed by atoms with E-state index < -0.39 is 5.41 Å². The Morgan fingerprint density at radius 2 is 1.69 bits per heavy atom. The molecule has 2 heteroatoms. The molecule has 0 saturated carbocycles. The minimum atomic E-state index is -0.715. The van der Waals surface area contributed by atoms with Gasteiger partial charge >= 0.3 is 0 Å². The van der Waals surface area contributed by atoms with Gasteiger partial charge in [-0.1, -0.05) is 37.3 Å². The Labute approximate surface area is 95.0 Å². The molecule has 0 heterocycles. The molecule has 1 aliphatic carbocycles. The molecule has 0 aromatic heterocycles. The number of allylic oxidation sites excluding steroid dienone is 2. The average molecular weight is 214 g/mol. The number of hydrogen-bond donors (Lipinski definition) is 0. The fourth-order valence-electron chi connectivity index (χ4n) is 2.15. The van der Waals surface area contributed by atoms with Gasteiger partial charge in [0.05, 0.1) is 5.41 Å². The van der Waals surface area contributed by atoms with Crippen LogP contribution in [0.25, 0.3) is 0 Å². The first kappa shape index (κ1) is 10.8. The fourth-order valence-corrected chi connectivity index (χ4v) is 2.15. The minimum absolute atomic E-state index is 0.00537. The lowest BCUT2D eigenvalue weighted by Crippen LogP contribution is -2.44. The Morgan fingerprint density at radius 3 is 2.31 bits per heavy atom. The van der Waals surface area contributed by atoms with Crippen molar-refractivity contribution < 1.29 is 9.59 Å². The largest absolute Gasteiger partial charge is 0.295 e. The van der Waals surface area contributed by atoms with E-state index in [-0.39, 0.29) is 17.5 Å². The van der Waals surface area contributed by atoms with Crippen molar-refractivity contribution in [2.75, 3.05) is 0 Å². The van der Waals surface area contributed by atoms with E-state index in [4.69, 9.17) is 0 Å². The first-order valence-corrected chi connectivity index (χ1v) is 5.38. The molecule has 2 atom stereocenters. The van der Waals surface area contributed by atoms with Crippen LogP contribution in [0.1, 0.15) is 19.4 Å². The molecule has 0 radical (unpaired) electrons. The summed E-state index contributed by atoms with van der Waals surface area (Å²) < 4.78 is 0. The molecule has 0 spiro atoms. The molecule has 0 amide bonds. The summed E-state index contributed by atoms with van der Waals surface area (Å²) in [5.74, 6) is -0.274. The Morgan fingerprint density at radius 1 is 1.06 bits per heavy atom. The average Bonchev–Trinajstić information content (AvgIpc) is 2.33. The smallest absolute Gasteiger partial charge is 0.166 e. The molecule has 16 heavy (non-hydrogen) atoms. The summed E-state index contributed by atoms with van der Waals surface area (Å²) in [6.07, 6.45) is 2.78. The molecule has 2 unspecified atom stereocenters. The van der Waals surface area contributed by atoms with Crippen molar-refractivity contribution in [3.05, 3.63) is 48.0 Å². The first-order valence-electron chi connectivity index (χ1n) is 5.38. The van der Waals surface area contributed by atoms with Gasteiger partial charge in [-0.3, -0.25) is 9.59 Å². The van der Waals surface area contributed by atoms with Crippen LogP contribution < -0.4 is 0 Å². The summed E-state index contributed by atoms with van der Waals surface area (Å²) in [6.45, 7) is 3.66. The molecule has 0 N–H and O–H groups in total. The predicted octanol–water partition coefficient (Wildman–Crippen LogP) is 2.29. The number of ketones is 2. The molecule has 1 aromatic rings. The highest BCUT2D eigenvalue weighted by molar-refractivity contribution is 6.11. The Kier molecular flexibility index (Phi) is 2.50. The van der Waals surface area contributed by atoms with Crippen molar-refractivity contribution in [2.45, 2.75) is 19.3 Å². The Balaban J connectivity index is 2.56. The highest BCUT2D eigenvalue weighted by atomic mass is 16.1. The maximum Gasteiger partial charge on any atom is 0.166 e. The summed E-state index contributed by atoms with van der Waals surface area (Å²) in [5.41, 5.74) is 0.192. The second-order valence-electron chi connectivity index (χ2n) is 4.39. The SMILES string of the molecule is CC1C(=O)C=CC(=O)C1(C)c1ccccc1. The lowest BCUT2D eigenvalue weighted by atomic mass is 9.65. The predicted molar refractivity (Wildman–Crippen MR) is 62.1 cm³/mol. The third-order valence-electron chi connectivity index (χ3n) is 3.58. The highest BCUT2D eigenvalue weighted by Gasteiger charge is 2.44. The first-order chi connectivity index (χ1) is 7.56. The standard InChI is InChI=1S/C14H14O2/c1-10-12(15)8-9-13(16)14(10,2)11-6-4-3-5-7-11/h3-10H,1-2H3. The molecule has 2 nitrogen and oxygen atoms in total. The lowest BCUT2D eigenvalue weighted by molar-refractivity contribution is -0.129. The highest BCUT2D eigenvalue weighted by Crippen LogP contribution is 2.36. The van der Waals surface area contributed by atoms with Crippen LogP contribution >= 0.6 is 0 Å². The third-order valence-corrected chi connectivity index (χ3v) is 3.58. The topological polar surface area (TPSA) is 34.1 Å². The van der Waals surface area contributed by atoms with Gasteiger partial charge in [0, 0.05) is 5.92 Å². The number of rotatable bonds is 1. The van der Waals surface area contributed by atoms with E-state index in [1.165, 1.54) is 12.2 Å². The Hall–Kier alpha value is -1.70. The van der Waals surface area contributed by atoms with E-state index in [2.05, 4.69) is 0 Å². The number of carbonyl (C=O) groups excluding carboxylic acids is 2. The Bertz CT molecular complexity index is 459. The summed E-state index contributed by atoms with van der Waals surface area (Å²) >= 11 is 0. The van der Waals surface area contributed by atoms with Gasteiger partial charge in [-0.2, -0.15) is 0 Å². The van der Waals surface area contributed by atoms with Crippen LogP contribution in [0.2, 0.25) is 0 Å². The molecular formula is C14H14O2. The van der Waals surface area contributed by atoms with Gasteiger partial charge in [0.2, 0.25) is 0 Å². The summed E-state index contributed by atoms with van der Waals surface area (Å²) in [7, 11) is 0. The van der Waals surface area contributed by atoms with Crippen molar-refractivity contribution in [1.82, 2.24) is 0 Å². The van der Waals surface area contributed by atoms with Gasteiger partial charge in [0.25, 0.3) is 0 Å². The summed E-state index contributed by atoms with van der Waals surface area (Å²) in [4.78, 5) is 23.7. The zero-order valence-corrected chi connectivity index (χ0v) is 9.44. The van der Waals surface area contributed by atoms with E-state index >= 15 is 0 Å².